The summed E-state index contributed by atoms with van der Waals surface area (Å²) >= 11 is -2.35. The molecule has 3 aliphatic heterocycles. The number of benzene rings is 2. The lowest BCUT2D eigenvalue weighted by Gasteiger charge is -2.46. The molecule has 53 heavy (non-hydrogen) atoms. The van der Waals surface area contributed by atoms with Gasteiger partial charge in [-0.3, -0.25) is 8.69 Å². The minimum absolute atomic E-state index is 0.145. The second-order valence-corrected chi connectivity index (χ2v) is 19.5. The zero-order valence-electron chi connectivity index (χ0n) is 31.1. The standard InChI is InChI=1S/C43H52N2O6S2/c1-6-25-30(19-21-52(48)49)41-37-22-32(25)43(47)44-34-14-10-11-15-35(34)45(4,5)20-18-31-39-24(3)36(46)17-16-29-28-13-9-8-12-27(28)26(7-2)40(29)33(39)23-38(42(31)41)53(37,50)51/h8-15,22-23,27-29,31,36,38-39,42-44,46-47H,3,6-7,16-21H2,1-2,4-5H3. The number of aliphatic hydroxyl groups excluding tert-OH is 2. The number of hydrogen-bond donors (Lipinski definition) is 3. The molecule has 0 spiro atoms. The Labute approximate surface area is 316 Å². The van der Waals surface area contributed by atoms with Crippen LogP contribution in [0.15, 0.2) is 94.5 Å². The van der Waals surface area contributed by atoms with E-state index in [0.717, 1.165) is 46.5 Å². The van der Waals surface area contributed by atoms with Crippen molar-refractivity contribution in [1.82, 2.24) is 4.48 Å². The summed E-state index contributed by atoms with van der Waals surface area (Å²) in [5.74, 6) is -0.529. The van der Waals surface area contributed by atoms with Crippen molar-refractivity contribution in [3.63, 3.8) is 0 Å². The van der Waals surface area contributed by atoms with E-state index in [0.29, 0.717) is 41.4 Å². The average Bonchev–Trinajstić information content (AvgIpc) is 3.57. The van der Waals surface area contributed by atoms with Crippen molar-refractivity contribution in [2.24, 2.45) is 29.6 Å². The molecule has 8 nitrogen and oxygen atoms in total. The van der Waals surface area contributed by atoms with Gasteiger partial charge in [0.2, 0.25) is 0 Å². The minimum Gasteiger partial charge on any atom is -0.772 e. The highest BCUT2D eigenvalue weighted by Gasteiger charge is 2.57. The smallest absolute Gasteiger partial charge is 0.185 e. The molecule has 1 fully saturated rings. The third-order valence-electron chi connectivity index (χ3n) is 13.6. The predicted molar refractivity (Wildman–Crippen MR) is 211 cm³/mol. The van der Waals surface area contributed by atoms with Crippen LogP contribution in [-0.4, -0.2) is 65.1 Å². The molecule has 7 aliphatic rings. The van der Waals surface area contributed by atoms with Crippen LogP contribution in [0.2, 0.25) is 0 Å². The van der Waals surface area contributed by atoms with Gasteiger partial charge in [0.05, 0.1) is 42.6 Å². The lowest BCUT2D eigenvalue weighted by atomic mass is 9.60. The van der Waals surface area contributed by atoms with Crippen molar-refractivity contribution in [2.45, 2.75) is 80.8 Å². The Kier molecular flexibility index (Phi) is 9.43. The molecule has 10 heteroatoms. The first-order valence-electron chi connectivity index (χ1n) is 19.3. The van der Waals surface area contributed by atoms with Crippen molar-refractivity contribution in [1.29, 1.82) is 0 Å². The molecular formula is C43H52N2O6S2. The molecule has 282 valence electrons. The van der Waals surface area contributed by atoms with Crippen molar-refractivity contribution in [2.75, 3.05) is 31.7 Å². The van der Waals surface area contributed by atoms with Gasteiger partial charge in [0.15, 0.2) is 21.8 Å². The molecule has 4 aliphatic carbocycles. The Bertz CT molecular complexity index is 2130. The summed E-state index contributed by atoms with van der Waals surface area (Å²) < 4.78 is 55.2. The van der Waals surface area contributed by atoms with E-state index in [2.05, 4.69) is 63.3 Å². The Hall–Kier alpha value is -3.12. The maximum Gasteiger partial charge on any atom is 0.185 e. The molecule has 0 aromatic heterocycles. The van der Waals surface area contributed by atoms with Crippen LogP contribution in [0.1, 0.15) is 73.9 Å². The number of rotatable bonds is 5. The van der Waals surface area contributed by atoms with Crippen LogP contribution in [0.4, 0.5) is 11.4 Å². The fourth-order valence-corrected chi connectivity index (χ4v) is 13.8. The van der Waals surface area contributed by atoms with Gasteiger partial charge in [0.1, 0.15) is 0 Å². The normalized spacial score (nSPS) is 33.9. The Morgan fingerprint density at radius 1 is 1.04 bits per heavy atom. The largest absolute Gasteiger partial charge is 0.772 e. The van der Waals surface area contributed by atoms with Gasteiger partial charge in [-0.25, -0.2) is 8.42 Å². The first kappa shape index (κ1) is 36.8. The molecule has 2 aromatic rings. The summed E-state index contributed by atoms with van der Waals surface area (Å²) in [6.07, 6.45) is 12.4. The Morgan fingerprint density at radius 3 is 2.53 bits per heavy atom. The number of allylic oxidation sites excluding steroid dienone is 7. The van der Waals surface area contributed by atoms with Crippen molar-refractivity contribution >= 4 is 32.3 Å². The quantitative estimate of drug-likeness (QED) is 0.179. The monoisotopic (exact) mass is 756 g/mol. The van der Waals surface area contributed by atoms with E-state index in [9.17, 15) is 19.0 Å². The summed E-state index contributed by atoms with van der Waals surface area (Å²) in [4.78, 5) is 0.197. The van der Waals surface area contributed by atoms with E-state index < -0.39 is 44.4 Å². The van der Waals surface area contributed by atoms with Gasteiger partial charge < -0.3 is 20.1 Å². The fraction of sp³-hybridized carbons (Fsp3) is 0.488. The summed E-state index contributed by atoms with van der Waals surface area (Å²) in [5.41, 5.74) is 8.80. The van der Waals surface area contributed by atoms with Gasteiger partial charge in [-0.05, 0) is 95.4 Å². The molecule has 10 unspecified atom stereocenters. The molecule has 1 saturated carbocycles. The summed E-state index contributed by atoms with van der Waals surface area (Å²) in [6.45, 7) is 9.48. The number of fused-ring (bicyclic) bond motifs is 9. The molecule has 2 aromatic carbocycles. The van der Waals surface area contributed by atoms with Crippen LogP contribution in [0.25, 0.3) is 0 Å². The molecule has 9 rings (SSSR count). The van der Waals surface area contributed by atoms with E-state index >= 15 is 8.42 Å². The van der Waals surface area contributed by atoms with Crippen LogP contribution >= 0.6 is 0 Å². The van der Waals surface area contributed by atoms with E-state index in [1.807, 2.05) is 31.2 Å². The van der Waals surface area contributed by atoms with Crippen molar-refractivity contribution in [3.8, 4) is 0 Å². The zero-order valence-corrected chi connectivity index (χ0v) is 32.8. The number of sulfone groups is 1. The molecule has 3 heterocycles. The van der Waals surface area contributed by atoms with Crippen molar-refractivity contribution in [3.05, 3.63) is 112 Å². The van der Waals surface area contributed by atoms with Gasteiger partial charge in [-0.2, -0.15) is 0 Å². The van der Waals surface area contributed by atoms with Crippen LogP contribution < -0.4 is 9.80 Å². The molecule has 0 amide bonds. The van der Waals surface area contributed by atoms with Crippen molar-refractivity contribution < 1.29 is 27.4 Å². The molecule has 0 saturated heterocycles. The second-order valence-electron chi connectivity index (χ2n) is 16.4. The Morgan fingerprint density at radius 2 is 1.79 bits per heavy atom. The number of aliphatic hydroxyl groups is 2. The highest BCUT2D eigenvalue weighted by atomic mass is 32.2. The summed E-state index contributed by atoms with van der Waals surface area (Å²) in [7, 11) is 0.310. The second kappa shape index (κ2) is 13.6. The van der Waals surface area contributed by atoms with Crippen LogP contribution in [0.5, 0.6) is 0 Å². The number of nitrogens with zero attached hydrogens (tertiary/aromatic N) is 1. The number of nitrogens with one attached hydrogen (secondary N) is 1. The van der Waals surface area contributed by atoms with Crippen LogP contribution in [0.3, 0.4) is 0 Å². The lowest BCUT2D eigenvalue weighted by molar-refractivity contribution is 0.154. The molecule has 3 N–H and O–H groups in total. The first-order valence-corrected chi connectivity index (χ1v) is 22.1. The lowest BCUT2D eigenvalue weighted by Crippen LogP contribution is -2.46. The van der Waals surface area contributed by atoms with E-state index in [-0.39, 0.29) is 46.7 Å². The first-order chi connectivity index (χ1) is 25.3. The molecule has 0 radical (unpaired) electrons. The summed E-state index contributed by atoms with van der Waals surface area (Å²) in [6, 6.07) is 9.62. The predicted octanol–water partition coefficient (Wildman–Crippen LogP) is 6.56. The molecular weight excluding hydrogens is 705 g/mol. The minimum atomic E-state index is -3.98. The molecule has 4 bridgehead atoms. The van der Waals surface area contributed by atoms with E-state index in [1.165, 1.54) is 11.1 Å². The fourth-order valence-electron chi connectivity index (χ4n) is 11.3. The van der Waals surface area contributed by atoms with Gasteiger partial charge in [-0.1, -0.05) is 79.6 Å². The Balaban J connectivity index is 1.45. The number of quaternary nitrogens is 1. The van der Waals surface area contributed by atoms with Gasteiger partial charge in [-0.15, -0.1) is 0 Å². The topological polar surface area (TPSA) is 127 Å². The van der Waals surface area contributed by atoms with Gasteiger partial charge in [0.25, 0.3) is 0 Å². The molecule has 10 atom stereocenters. The van der Waals surface area contributed by atoms with E-state index in [1.54, 1.807) is 6.07 Å². The highest BCUT2D eigenvalue weighted by Crippen LogP contribution is 2.62. The number of para-hydroxylation sites is 2. The van der Waals surface area contributed by atoms with Gasteiger partial charge >= 0.3 is 0 Å². The third-order valence-corrected chi connectivity index (χ3v) is 16.2. The number of hydrogen-bond acceptors (Lipinski definition) is 7. The highest BCUT2D eigenvalue weighted by molar-refractivity contribution is 7.92. The van der Waals surface area contributed by atoms with E-state index in [4.69, 9.17) is 0 Å². The van der Waals surface area contributed by atoms with Crippen LogP contribution in [-0.2, 0) is 33.8 Å². The third kappa shape index (κ3) is 5.73. The SMILES string of the molecule is C=C1C(O)CCC2C(=C(CC)C3C=CC=CC32)C2=CC3C4c5c(cc(c(CC)c5CCS(=O)[O-])C(O)Nc5ccccc5[N+](C)(C)CCC4C12)S3(=O)=O. The van der Waals surface area contributed by atoms with Crippen LogP contribution in [0, 0.1) is 29.6 Å². The summed E-state index contributed by atoms with van der Waals surface area (Å²) in [5, 5.41) is 26.3. The maximum atomic E-state index is 15.2. The zero-order chi connectivity index (χ0) is 37.6. The number of anilines is 1. The van der Waals surface area contributed by atoms with Gasteiger partial charge in [0, 0.05) is 41.6 Å². The maximum absolute atomic E-state index is 15.2. The average molecular weight is 757 g/mol.